The van der Waals surface area contributed by atoms with Crippen molar-refractivity contribution in [1.29, 1.82) is 0 Å². The average molecular weight is 171 g/mol. The third-order valence-corrected chi connectivity index (χ3v) is 2.24. The van der Waals surface area contributed by atoms with Gasteiger partial charge in [-0.15, -0.1) is 0 Å². The highest BCUT2D eigenvalue weighted by Crippen LogP contribution is 2.20. The van der Waals surface area contributed by atoms with Gasteiger partial charge in [0.1, 0.15) is 7.11 Å². The highest BCUT2D eigenvalue weighted by Gasteiger charge is 2.19. The summed E-state index contributed by atoms with van der Waals surface area (Å²) in [6.45, 7) is 3.01. The molecular weight excluding hydrogens is 154 g/mol. The van der Waals surface area contributed by atoms with E-state index < -0.39 is 0 Å². The van der Waals surface area contributed by atoms with Crippen LogP contribution in [0, 0.1) is 5.92 Å². The van der Waals surface area contributed by atoms with Gasteiger partial charge < -0.3 is 9.57 Å². The van der Waals surface area contributed by atoms with Gasteiger partial charge in [-0.25, -0.2) is 0 Å². The van der Waals surface area contributed by atoms with Gasteiger partial charge in [-0.3, -0.25) is 0 Å². The van der Waals surface area contributed by atoms with E-state index in [0.29, 0.717) is 12.0 Å². The predicted octanol–water partition coefficient (Wildman–Crippen LogP) is 1.82. The molecule has 0 aromatic rings. The summed E-state index contributed by atoms with van der Waals surface area (Å²) < 4.78 is 5.53. The molecule has 70 valence electrons. The van der Waals surface area contributed by atoms with Crippen LogP contribution in [0.15, 0.2) is 5.16 Å². The Labute approximate surface area is 73.7 Å². The van der Waals surface area contributed by atoms with Crippen LogP contribution < -0.4 is 0 Å². The van der Waals surface area contributed by atoms with Crippen molar-refractivity contribution >= 4 is 6.21 Å². The van der Waals surface area contributed by atoms with Gasteiger partial charge in [0.15, 0.2) is 0 Å². The molecule has 0 aromatic heterocycles. The second kappa shape index (κ2) is 5.14. The van der Waals surface area contributed by atoms with Crippen molar-refractivity contribution in [1.82, 2.24) is 0 Å². The normalized spacial score (nSPS) is 30.8. The molecule has 0 spiro atoms. The van der Waals surface area contributed by atoms with Gasteiger partial charge in [0, 0.05) is 18.7 Å². The van der Waals surface area contributed by atoms with E-state index in [1.807, 2.05) is 6.21 Å². The van der Waals surface area contributed by atoms with Crippen molar-refractivity contribution in [3.05, 3.63) is 0 Å². The van der Waals surface area contributed by atoms with Crippen molar-refractivity contribution < 1.29 is 9.57 Å². The van der Waals surface area contributed by atoms with Crippen LogP contribution in [0.3, 0.4) is 0 Å². The number of nitrogens with zero attached hydrogens (tertiary/aromatic N) is 1. The first-order chi connectivity index (χ1) is 5.86. The third kappa shape index (κ3) is 2.81. The lowest BCUT2D eigenvalue weighted by Gasteiger charge is -2.26. The number of hydrogen-bond acceptors (Lipinski definition) is 3. The molecule has 0 saturated carbocycles. The van der Waals surface area contributed by atoms with E-state index in [9.17, 15) is 0 Å². The van der Waals surface area contributed by atoms with Crippen molar-refractivity contribution in [2.45, 2.75) is 32.3 Å². The Kier molecular flexibility index (Phi) is 4.08. The molecule has 0 aliphatic carbocycles. The van der Waals surface area contributed by atoms with Crippen LogP contribution >= 0.6 is 0 Å². The zero-order valence-corrected chi connectivity index (χ0v) is 7.82. The monoisotopic (exact) mass is 171 g/mol. The standard InChI is InChI=1S/C9H17NO2/c1-3-9-6-8(4-5-12-9)7-10-11-2/h7-9H,3-6H2,1-2H3/b10-7+. The van der Waals surface area contributed by atoms with Gasteiger partial charge in [-0.05, 0) is 19.3 Å². The SMILES string of the molecule is CCC1CC(/C=N/OC)CCO1. The van der Waals surface area contributed by atoms with E-state index in [1.54, 1.807) is 7.11 Å². The second-order valence-corrected chi connectivity index (χ2v) is 3.12. The van der Waals surface area contributed by atoms with Crippen LogP contribution in [0.2, 0.25) is 0 Å². The molecule has 1 rings (SSSR count). The number of ether oxygens (including phenoxy) is 1. The summed E-state index contributed by atoms with van der Waals surface area (Å²) in [6.07, 6.45) is 5.57. The van der Waals surface area contributed by atoms with E-state index >= 15 is 0 Å². The fourth-order valence-corrected chi connectivity index (χ4v) is 1.48. The molecule has 12 heavy (non-hydrogen) atoms. The summed E-state index contributed by atoms with van der Waals surface area (Å²) in [5.41, 5.74) is 0. The van der Waals surface area contributed by atoms with E-state index in [1.165, 1.54) is 0 Å². The second-order valence-electron chi connectivity index (χ2n) is 3.12. The van der Waals surface area contributed by atoms with E-state index in [4.69, 9.17) is 4.74 Å². The average Bonchev–Trinajstić information content (AvgIpc) is 2.15. The Balaban J connectivity index is 2.30. The van der Waals surface area contributed by atoms with Crippen LogP contribution in [0.25, 0.3) is 0 Å². The fourth-order valence-electron chi connectivity index (χ4n) is 1.48. The Morgan fingerprint density at radius 2 is 2.50 bits per heavy atom. The Morgan fingerprint density at radius 1 is 1.67 bits per heavy atom. The molecule has 3 heteroatoms. The molecular formula is C9H17NO2. The molecule has 0 bridgehead atoms. The zero-order chi connectivity index (χ0) is 8.81. The zero-order valence-electron chi connectivity index (χ0n) is 7.82. The Morgan fingerprint density at radius 3 is 3.17 bits per heavy atom. The molecule has 1 aliphatic rings. The van der Waals surface area contributed by atoms with Gasteiger partial charge in [-0.1, -0.05) is 12.1 Å². The molecule has 0 N–H and O–H groups in total. The van der Waals surface area contributed by atoms with Crippen LogP contribution in [0.1, 0.15) is 26.2 Å². The van der Waals surface area contributed by atoms with Gasteiger partial charge in [-0.2, -0.15) is 0 Å². The summed E-state index contributed by atoms with van der Waals surface area (Å²) in [5.74, 6) is 0.545. The highest BCUT2D eigenvalue weighted by atomic mass is 16.6. The Hall–Kier alpha value is -0.570. The summed E-state index contributed by atoms with van der Waals surface area (Å²) in [7, 11) is 1.58. The molecule has 1 aliphatic heterocycles. The molecule has 1 saturated heterocycles. The maximum Gasteiger partial charge on any atom is 0.106 e. The van der Waals surface area contributed by atoms with E-state index in [0.717, 1.165) is 25.9 Å². The third-order valence-electron chi connectivity index (χ3n) is 2.24. The highest BCUT2D eigenvalue weighted by molar-refractivity contribution is 5.60. The van der Waals surface area contributed by atoms with Crippen molar-refractivity contribution in [3.63, 3.8) is 0 Å². The maximum atomic E-state index is 5.53. The lowest BCUT2D eigenvalue weighted by molar-refractivity contribution is 0.00279. The molecule has 0 amide bonds. The van der Waals surface area contributed by atoms with Gasteiger partial charge in [0.25, 0.3) is 0 Å². The lowest BCUT2D eigenvalue weighted by Crippen LogP contribution is -2.25. The molecule has 1 heterocycles. The van der Waals surface area contributed by atoms with Crippen LogP contribution in [0.4, 0.5) is 0 Å². The summed E-state index contributed by atoms with van der Waals surface area (Å²) in [6, 6.07) is 0. The van der Waals surface area contributed by atoms with Gasteiger partial charge in [0.2, 0.25) is 0 Å². The lowest BCUT2D eigenvalue weighted by atomic mass is 9.96. The quantitative estimate of drug-likeness (QED) is 0.479. The van der Waals surface area contributed by atoms with Crippen LogP contribution in [-0.4, -0.2) is 26.0 Å². The summed E-state index contributed by atoms with van der Waals surface area (Å²) in [4.78, 5) is 4.64. The van der Waals surface area contributed by atoms with Crippen LogP contribution in [0.5, 0.6) is 0 Å². The number of rotatable bonds is 3. The Bertz CT molecular complexity index is 147. The number of hydrogen-bond donors (Lipinski definition) is 0. The minimum absolute atomic E-state index is 0.423. The topological polar surface area (TPSA) is 30.8 Å². The molecule has 1 fully saturated rings. The fraction of sp³-hybridized carbons (Fsp3) is 0.889. The minimum atomic E-state index is 0.423. The number of oxime groups is 1. The van der Waals surface area contributed by atoms with Crippen LogP contribution in [-0.2, 0) is 9.57 Å². The van der Waals surface area contributed by atoms with Gasteiger partial charge in [0.05, 0.1) is 6.10 Å². The molecule has 0 radical (unpaired) electrons. The largest absolute Gasteiger partial charge is 0.399 e. The van der Waals surface area contributed by atoms with Crippen molar-refractivity contribution in [3.8, 4) is 0 Å². The maximum absolute atomic E-state index is 5.53. The van der Waals surface area contributed by atoms with Crippen molar-refractivity contribution in [2.24, 2.45) is 11.1 Å². The molecule has 2 unspecified atom stereocenters. The molecule has 0 aromatic carbocycles. The molecule has 3 nitrogen and oxygen atoms in total. The summed E-state index contributed by atoms with van der Waals surface area (Å²) in [5, 5.41) is 3.78. The first-order valence-corrected chi connectivity index (χ1v) is 4.55. The van der Waals surface area contributed by atoms with E-state index in [-0.39, 0.29) is 0 Å². The minimum Gasteiger partial charge on any atom is -0.399 e. The first kappa shape index (κ1) is 9.52. The summed E-state index contributed by atoms with van der Waals surface area (Å²) >= 11 is 0. The van der Waals surface area contributed by atoms with Gasteiger partial charge >= 0.3 is 0 Å². The van der Waals surface area contributed by atoms with E-state index in [2.05, 4.69) is 16.9 Å². The predicted molar refractivity (Wildman–Crippen MR) is 48.3 cm³/mol. The first-order valence-electron chi connectivity index (χ1n) is 4.55. The smallest absolute Gasteiger partial charge is 0.106 e. The molecule has 2 atom stereocenters. The van der Waals surface area contributed by atoms with Crippen molar-refractivity contribution in [2.75, 3.05) is 13.7 Å².